The molecule has 3 rings (SSSR count). The fraction of sp³-hybridized carbons (Fsp3) is 0.267. The highest BCUT2D eigenvalue weighted by molar-refractivity contribution is 5.69. The second kappa shape index (κ2) is 5.05. The van der Waals surface area contributed by atoms with E-state index in [2.05, 4.69) is 15.0 Å². The number of nitrogens with one attached hydrogen (secondary N) is 2. The average molecular weight is 284 g/mol. The topological polar surface area (TPSA) is 83.5 Å². The van der Waals surface area contributed by atoms with Crippen LogP contribution in [-0.2, 0) is 13.0 Å². The van der Waals surface area contributed by atoms with Crippen LogP contribution in [0.25, 0.3) is 11.2 Å². The number of fused-ring (bicyclic) bond motifs is 1. The van der Waals surface area contributed by atoms with Gasteiger partial charge in [-0.05, 0) is 19.4 Å². The fourth-order valence-corrected chi connectivity index (χ4v) is 2.37. The van der Waals surface area contributed by atoms with Gasteiger partial charge in [0.2, 0.25) is 0 Å². The second-order valence-electron chi connectivity index (χ2n) is 5.05. The van der Waals surface area contributed by atoms with Crippen molar-refractivity contribution in [2.75, 3.05) is 0 Å². The first kappa shape index (κ1) is 13.4. The molecule has 0 fully saturated rings. The van der Waals surface area contributed by atoms with E-state index in [4.69, 9.17) is 0 Å². The van der Waals surface area contributed by atoms with Gasteiger partial charge in [0.05, 0.1) is 0 Å². The zero-order valence-electron chi connectivity index (χ0n) is 11.9. The smallest absolute Gasteiger partial charge is 0.330 e. The minimum atomic E-state index is -0.428. The van der Waals surface area contributed by atoms with Gasteiger partial charge in [-0.25, -0.2) is 9.78 Å². The van der Waals surface area contributed by atoms with E-state index < -0.39 is 11.2 Å². The van der Waals surface area contributed by atoms with Gasteiger partial charge in [-0.1, -0.05) is 29.8 Å². The van der Waals surface area contributed by atoms with Gasteiger partial charge in [0.25, 0.3) is 5.56 Å². The van der Waals surface area contributed by atoms with Crippen molar-refractivity contribution in [1.29, 1.82) is 0 Å². The van der Waals surface area contributed by atoms with Crippen LogP contribution in [0.4, 0.5) is 0 Å². The summed E-state index contributed by atoms with van der Waals surface area (Å²) in [5.41, 5.74) is 2.19. The van der Waals surface area contributed by atoms with Crippen LogP contribution in [0.3, 0.4) is 0 Å². The van der Waals surface area contributed by atoms with Gasteiger partial charge in [-0.15, -0.1) is 0 Å². The molecule has 2 N–H and O–H groups in total. The van der Waals surface area contributed by atoms with Crippen molar-refractivity contribution >= 4 is 11.2 Å². The van der Waals surface area contributed by atoms with Crippen LogP contribution in [0, 0.1) is 6.92 Å². The van der Waals surface area contributed by atoms with Gasteiger partial charge >= 0.3 is 5.69 Å². The number of hydrogen-bond donors (Lipinski definition) is 2. The molecule has 6 heteroatoms. The molecule has 0 atom stereocenters. The molecule has 1 aromatic carbocycles. The Hall–Kier alpha value is -2.63. The Morgan fingerprint density at radius 2 is 1.86 bits per heavy atom. The van der Waals surface area contributed by atoms with Crippen molar-refractivity contribution < 1.29 is 0 Å². The highest BCUT2D eigenvalue weighted by Crippen LogP contribution is 2.11. The third-order valence-corrected chi connectivity index (χ3v) is 3.49. The van der Waals surface area contributed by atoms with Crippen molar-refractivity contribution in [3.8, 4) is 0 Å². The molecule has 2 aromatic heterocycles. The zero-order chi connectivity index (χ0) is 15.0. The minimum Gasteiger partial charge on any atom is -0.336 e. The lowest BCUT2D eigenvalue weighted by atomic mass is 10.1. The van der Waals surface area contributed by atoms with Gasteiger partial charge in [0.15, 0.2) is 5.65 Å². The summed E-state index contributed by atoms with van der Waals surface area (Å²) in [7, 11) is 0. The van der Waals surface area contributed by atoms with E-state index in [9.17, 15) is 9.59 Å². The predicted octanol–water partition coefficient (Wildman–Crippen LogP) is 1.33. The monoisotopic (exact) mass is 284 g/mol. The van der Waals surface area contributed by atoms with Crippen LogP contribution in [0.5, 0.6) is 0 Å². The molecule has 0 amide bonds. The van der Waals surface area contributed by atoms with E-state index in [1.165, 1.54) is 10.1 Å². The first-order chi connectivity index (χ1) is 10.1. The van der Waals surface area contributed by atoms with Crippen LogP contribution >= 0.6 is 0 Å². The number of hydrogen-bond acceptors (Lipinski definition) is 3. The number of imidazole rings is 1. The van der Waals surface area contributed by atoms with Crippen LogP contribution in [0.2, 0.25) is 0 Å². The molecule has 0 saturated carbocycles. The standard InChI is InChI=1S/C15H16N4O2/c1-3-19-13-12(14(20)18-15(19)21)16-11(17-13)8-10-6-4-9(2)5-7-10/h4-7H,3,8H2,1-2H3,(H,16,17)(H,18,20,21). The minimum absolute atomic E-state index is 0.346. The number of aromatic amines is 2. The van der Waals surface area contributed by atoms with Crippen molar-refractivity contribution in [2.45, 2.75) is 26.8 Å². The predicted molar refractivity (Wildman–Crippen MR) is 80.6 cm³/mol. The Bertz CT molecular complexity index is 900. The van der Waals surface area contributed by atoms with Crippen molar-refractivity contribution in [2.24, 2.45) is 0 Å². The van der Waals surface area contributed by atoms with Crippen molar-refractivity contribution in [3.63, 3.8) is 0 Å². The molecule has 0 spiro atoms. The van der Waals surface area contributed by atoms with Crippen LogP contribution < -0.4 is 11.2 Å². The number of aryl methyl sites for hydroxylation is 2. The molecule has 0 aliphatic rings. The highest BCUT2D eigenvalue weighted by Gasteiger charge is 2.12. The van der Waals surface area contributed by atoms with Crippen LogP contribution in [0.15, 0.2) is 33.9 Å². The number of benzene rings is 1. The lowest BCUT2D eigenvalue weighted by Gasteiger charge is -2.00. The van der Waals surface area contributed by atoms with Crippen LogP contribution in [-0.4, -0.2) is 19.5 Å². The molecule has 0 radical (unpaired) electrons. The third-order valence-electron chi connectivity index (χ3n) is 3.49. The Balaban J connectivity index is 2.09. The Morgan fingerprint density at radius 3 is 2.52 bits per heavy atom. The highest BCUT2D eigenvalue weighted by atomic mass is 16.2. The number of rotatable bonds is 3. The zero-order valence-corrected chi connectivity index (χ0v) is 11.9. The van der Waals surface area contributed by atoms with E-state index in [1.807, 2.05) is 38.1 Å². The van der Waals surface area contributed by atoms with E-state index >= 15 is 0 Å². The summed E-state index contributed by atoms with van der Waals surface area (Å²) in [4.78, 5) is 33.3. The number of aromatic nitrogens is 4. The molecule has 3 aromatic rings. The molecule has 21 heavy (non-hydrogen) atoms. The Labute approximate surface area is 120 Å². The first-order valence-corrected chi connectivity index (χ1v) is 6.85. The molecule has 0 aliphatic carbocycles. The summed E-state index contributed by atoms with van der Waals surface area (Å²) in [5.74, 6) is 0.673. The molecule has 0 saturated heterocycles. The van der Waals surface area contributed by atoms with Gasteiger partial charge in [0, 0.05) is 13.0 Å². The molecular weight excluding hydrogens is 268 g/mol. The SMILES string of the molecule is CCn1c(=O)[nH]c(=O)c2[nH]c(Cc3ccc(C)cc3)nc21. The largest absolute Gasteiger partial charge is 0.336 e. The average Bonchev–Trinajstić information content (AvgIpc) is 2.86. The van der Waals surface area contributed by atoms with Crippen LogP contribution in [0.1, 0.15) is 23.9 Å². The van der Waals surface area contributed by atoms with Gasteiger partial charge in [-0.3, -0.25) is 14.3 Å². The summed E-state index contributed by atoms with van der Waals surface area (Å²) < 4.78 is 1.45. The third kappa shape index (κ3) is 2.40. The van der Waals surface area contributed by atoms with Gasteiger partial charge < -0.3 is 4.98 Å². The van der Waals surface area contributed by atoms with Gasteiger partial charge in [0.1, 0.15) is 11.3 Å². The molecule has 108 valence electrons. The maximum absolute atomic E-state index is 11.8. The summed E-state index contributed by atoms with van der Waals surface area (Å²) in [5, 5.41) is 0. The quantitative estimate of drug-likeness (QED) is 0.761. The molecule has 0 unspecified atom stereocenters. The van der Waals surface area contributed by atoms with E-state index in [-0.39, 0.29) is 0 Å². The van der Waals surface area contributed by atoms with Crippen molar-refractivity contribution in [1.82, 2.24) is 19.5 Å². The lowest BCUT2D eigenvalue weighted by molar-refractivity contribution is 0.719. The normalized spacial score (nSPS) is 11.1. The molecule has 0 aliphatic heterocycles. The summed E-state index contributed by atoms with van der Waals surface area (Å²) in [6.07, 6.45) is 0.590. The summed E-state index contributed by atoms with van der Waals surface area (Å²) in [6, 6.07) is 8.12. The number of nitrogens with zero attached hydrogens (tertiary/aromatic N) is 2. The fourth-order valence-electron chi connectivity index (χ4n) is 2.37. The maximum atomic E-state index is 11.8. The van der Waals surface area contributed by atoms with E-state index in [0.29, 0.717) is 30.0 Å². The van der Waals surface area contributed by atoms with Crippen molar-refractivity contribution in [3.05, 3.63) is 62.1 Å². The molecule has 0 bridgehead atoms. The van der Waals surface area contributed by atoms with E-state index in [0.717, 1.165) is 5.56 Å². The Morgan fingerprint density at radius 1 is 1.14 bits per heavy atom. The molecular formula is C15H16N4O2. The van der Waals surface area contributed by atoms with Gasteiger partial charge in [-0.2, -0.15) is 0 Å². The van der Waals surface area contributed by atoms with E-state index in [1.54, 1.807) is 0 Å². The molecule has 2 heterocycles. The number of H-pyrrole nitrogens is 2. The maximum Gasteiger partial charge on any atom is 0.330 e. The summed E-state index contributed by atoms with van der Waals surface area (Å²) >= 11 is 0. The Kier molecular flexibility index (Phi) is 3.21. The lowest BCUT2D eigenvalue weighted by Crippen LogP contribution is -2.29. The molecule has 6 nitrogen and oxygen atoms in total. The first-order valence-electron chi connectivity index (χ1n) is 6.85. The second-order valence-corrected chi connectivity index (χ2v) is 5.05. The summed E-state index contributed by atoms with van der Waals surface area (Å²) in [6.45, 7) is 4.33.